The zero-order valence-corrected chi connectivity index (χ0v) is 10.8. The average molecular weight is 260 g/mol. The summed E-state index contributed by atoms with van der Waals surface area (Å²) in [6.45, 7) is 4.14. The Morgan fingerprint density at radius 1 is 1.33 bits per heavy atom. The first-order chi connectivity index (χ1) is 8.65. The Morgan fingerprint density at radius 2 is 2.17 bits per heavy atom. The van der Waals surface area contributed by atoms with Crippen molar-refractivity contribution in [2.75, 3.05) is 5.73 Å². The quantitative estimate of drug-likeness (QED) is 0.761. The fourth-order valence-corrected chi connectivity index (χ4v) is 2.53. The zero-order chi connectivity index (χ0) is 12.7. The number of pyridine rings is 1. The SMILES string of the molecule is CC(C)c1nnc2sc(-c3ccnc(N)c3)nn12. The monoisotopic (exact) mass is 260 g/mol. The number of anilines is 1. The molecule has 0 spiro atoms. The number of rotatable bonds is 2. The molecular weight excluding hydrogens is 248 g/mol. The summed E-state index contributed by atoms with van der Waals surface area (Å²) in [5.74, 6) is 1.65. The van der Waals surface area contributed by atoms with Crippen LogP contribution in [0.3, 0.4) is 0 Å². The van der Waals surface area contributed by atoms with Crippen molar-refractivity contribution in [2.45, 2.75) is 19.8 Å². The van der Waals surface area contributed by atoms with Crippen molar-refractivity contribution in [3.63, 3.8) is 0 Å². The molecule has 3 aromatic heterocycles. The van der Waals surface area contributed by atoms with Crippen molar-refractivity contribution in [1.29, 1.82) is 0 Å². The van der Waals surface area contributed by atoms with Crippen LogP contribution >= 0.6 is 11.3 Å². The van der Waals surface area contributed by atoms with Crippen molar-refractivity contribution in [1.82, 2.24) is 24.8 Å². The van der Waals surface area contributed by atoms with Crippen molar-refractivity contribution < 1.29 is 0 Å². The lowest BCUT2D eigenvalue weighted by molar-refractivity contribution is 0.727. The van der Waals surface area contributed by atoms with Crippen LogP contribution in [0, 0.1) is 0 Å². The highest BCUT2D eigenvalue weighted by Gasteiger charge is 2.15. The van der Waals surface area contributed by atoms with Crippen LogP contribution in [0.5, 0.6) is 0 Å². The summed E-state index contributed by atoms with van der Waals surface area (Å²) in [5, 5.41) is 13.7. The normalized spacial score (nSPS) is 11.5. The first kappa shape index (κ1) is 11.1. The van der Waals surface area contributed by atoms with Gasteiger partial charge in [-0.25, -0.2) is 4.98 Å². The van der Waals surface area contributed by atoms with Gasteiger partial charge in [-0.2, -0.15) is 9.61 Å². The molecule has 7 heteroatoms. The highest BCUT2D eigenvalue weighted by Crippen LogP contribution is 2.27. The molecule has 0 radical (unpaired) electrons. The van der Waals surface area contributed by atoms with Crippen LogP contribution in [0.1, 0.15) is 25.6 Å². The molecule has 3 heterocycles. The molecule has 0 aliphatic rings. The molecular formula is C11H12N6S. The van der Waals surface area contributed by atoms with Gasteiger partial charge in [0.05, 0.1) is 0 Å². The minimum absolute atomic E-state index is 0.289. The summed E-state index contributed by atoms with van der Waals surface area (Å²) < 4.78 is 1.79. The van der Waals surface area contributed by atoms with E-state index in [1.165, 1.54) is 11.3 Å². The second-order valence-electron chi connectivity index (χ2n) is 4.28. The Balaban J connectivity index is 2.14. The van der Waals surface area contributed by atoms with Crippen LogP contribution in [-0.4, -0.2) is 24.8 Å². The topological polar surface area (TPSA) is 82.0 Å². The molecule has 2 N–H and O–H groups in total. The van der Waals surface area contributed by atoms with Gasteiger partial charge in [-0.15, -0.1) is 10.2 Å². The number of nitrogens with two attached hydrogens (primary N) is 1. The number of nitrogens with zero attached hydrogens (tertiary/aromatic N) is 5. The van der Waals surface area contributed by atoms with Crippen LogP contribution < -0.4 is 5.73 Å². The second kappa shape index (κ2) is 4.02. The van der Waals surface area contributed by atoms with E-state index in [0.29, 0.717) is 5.82 Å². The summed E-state index contributed by atoms with van der Waals surface area (Å²) in [5.41, 5.74) is 6.63. The molecule has 18 heavy (non-hydrogen) atoms. The Kier molecular flexibility index (Phi) is 2.48. The maximum atomic E-state index is 5.67. The van der Waals surface area contributed by atoms with Gasteiger partial charge in [0.25, 0.3) is 0 Å². The molecule has 0 aliphatic carbocycles. The van der Waals surface area contributed by atoms with Gasteiger partial charge in [0.1, 0.15) is 10.8 Å². The van der Waals surface area contributed by atoms with E-state index in [9.17, 15) is 0 Å². The van der Waals surface area contributed by atoms with Crippen LogP contribution in [-0.2, 0) is 0 Å². The number of hydrogen-bond acceptors (Lipinski definition) is 6. The summed E-state index contributed by atoms with van der Waals surface area (Å²) in [6, 6.07) is 3.69. The predicted octanol–water partition coefficient (Wildman–Crippen LogP) is 1.95. The van der Waals surface area contributed by atoms with Gasteiger partial charge in [0.15, 0.2) is 5.82 Å². The summed E-state index contributed by atoms with van der Waals surface area (Å²) in [4.78, 5) is 4.77. The molecule has 92 valence electrons. The summed E-state index contributed by atoms with van der Waals surface area (Å²) in [7, 11) is 0. The molecule has 0 saturated carbocycles. The van der Waals surface area contributed by atoms with Gasteiger partial charge in [-0.1, -0.05) is 25.2 Å². The number of aromatic nitrogens is 5. The van der Waals surface area contributed by atoms with E-state index in [1.807, 2.05) is 6.07 Å². The van der Waals surface area contributed by atoms with E-state index in [4.69, 9.17) is 5.73 Å². The Morgan fingerprint density at radius 3 is 2.89 bits per heavy atom. The summed E-state index contributed by atoms with van der Waals surface area (Å²) in [6.07, 6.45) is 1.68. The third-order valence-electron chi connectivity index (χ3n) is 2.56. The smallest absolute Gasteiger partial charge is 0.234 e. The van der Waals surface area contributed by atoms with E-state index in [0.717, 1.165) is 21.4 Å². The minimum atomic E-state index is 0.289. The van der Waals surface area contributed by atoms with Crippen LogP contribution in [0.15, 0.2) is 18.3 Å². The van der Waals surface area contributed by atoms with Gasteiger partial charge < -0.3 is 5.73 Å². The van der Waals surface area contributed by atoms with E-state index >= 15 is 0 Å². The van der Waals surface area contributed by atoms with Gasteiger partial charge in [0.2, 0.25) is 4.96 Å². The molecule has 0 aliphatic heterocycles. The van der Waals surface area contributed by atoms with Crippen LogP contribution in [0.2, 0.25) is 0 Å². The lowest BCUT2D eigenvalue weighted by Crippen LogP contribution is -1.98. The lowest BCUT2D eigenvalue weighted by atomic mass is 10.2. The number of hydrogen-bond donors (Lipinski definition) is 1. The predicted molar refractivity (Wildman–Crippen MR) is 70.4 cm³/mol. The fourth-order valence-electron chi connectivity index (χ4n) is 1.69. The van der Waals surface area contributed by atoms with Gasteiger partial charge >= 0.3 is 0 Å². The Hall–Kier alpha value is -2.02. The van der Waals surface area contributed by atoms with E-state index < -0.39 is 0 Å². The first-order valence-corrected chi connectivity index (χ1v) is 6.41. The molecule has 0 amide bonds. The van der Waals surface area contributed by atoms with Gasteiger partial charge in [0, 0.05) is 17.7 Å². The number of nitrogen functional groups attached to an aromatic ring is 1. The number of fused-ring (bicyclic) bond motifs is 1. The molecule has 0 saturated heterocycles. The van der Waals surface area contributed by atoms with Gasteiger partial charge in [-0.05, 0) is 12.1 Å². The standard InChI is InChI=1S/C11H12N6S/c1-6(2)9-14-15-11-17(9)16-10(18-11)7-3-4-13-8(12)5-7/h3-6H,1-2H3,(H2,12,13). The molecule has 0 fully saturated rings. The van der Waals surface area contributed by atoms with Crippen molar-refractivity contribution in [3.8, 4) is 10.6 Å². The van der Waals surface area contributed by atoms with Gasteiger partial charge in [-0.3, -0.25) is 0 Å². The third kappa shape index (κ3) is 1.72. The largest absolute Gasteiger partial charge is 0.384 e. The Labute approximate surface area is 107 Å². The maximum absolute atomic E-state index is 5.67. The molecule has 0 aromatic carbocycles. The van der Waals surface area contributed by atoms with E-state index in [1.54, 1.807) is 16.8 Å². The highest BCUT2D eigenvalue weighted by molar-refractivity contribution is 7.19. The molecule has 3 rings (SSSR count). The van der Waals surface area contributed by atoms with Crippen LogP contribution in [0.25, 0.3) is 15.5 Å². The maximum Gasteiger partial charge on any atom is 0.234 e. The molecule has 3 aromatic rings. The highest BCUT2D eigenvalue weighted by atomic mass is 32.1. The second-order valence-corrected chi connectivity index (χ2v) is 5.24. The average Bonchev–Trinajstić information content (AvgIpc) is 2.87. The third-order valence-corrected chi connectivity index (χ3v) is 3.51. The fraction of sp³-hybridized carbons (Fsp3) is 0.273. The van der Waals surface area contributed by atoms with Crippen LogP contribution in [0.4, 0.5) is 5.82 Å². The molecule has 0 bridgehead atoms. The van der Waals surface area contributed by atoms with Crippen molar-refractivity contribution >= 4 is 22.1 Å². The molecule has 0 unspecified atom stereocenters. The molecule has 6 nitrogen and oxygen atoms in total. The zero-order valence-electron chi connectivity index (χ0n) is 10.0. The van der Waals surface area contributed by atoms with Crippen molar-refractivity contribution in [2.24, 2.45) is 0 Å². The Bertz CT molecular complexity index is 698. The minimum Gasteiger partial charge on any atom is -0.384 e. The summed E-state index contributed by atoms with van der Waals surface area (Å²) >= 11 is 1.49. The van der Waals surface area contributed by atoms with E-state index in [-0.39, 0.29) is 5.92 Å². The molecule has 0 atom stereocenters. The lowest BCUT2D eigenvalue weighted by Gasteiger charge is -1.98. The van der Waals surface area contributed by atoms with E-state index in [2.05, 4.69) is 34.1 Å². The first-order valence-electron chi connectivity index (χ1n) is 5.59. The van der Waals surface area contributed by atoms with Crippen molar-refractivity contribution in [3.05, 3.63) is 24.2 Å².